The van der Waals surface area contributed by atoms with Gasteiger partial charge in [-0.1, -0.05) is 43.9 Å². The molecular weight excluding hydrogens is 372 g/mol. The van der Waals surface area contributed by atoms with Gasteiger partial charge >= 0.3 is 6.03 Å². The van der Waals surface area contributed by atoms with E-state index >= 15 is 0 Å². The molecule has 0 bridgehead atoms. The minimum atomic E-state index is -0.995. The first-order chi connectivity index (χ1) is 14.0. The van der Waals surface area contributed by atoms with Gasteiger partial charge in [0.1, 0.15) is 18.2 Å². The van der Waals surface area contributed by atoms with Crippen molar-refractivity contribution in [1.29, 1.82) is 0 Å². The lowest BCUT2D eigenvalue weighted by Crippen LogP contribution is -2.47. The van der Waals surface area contributed by atoms with Gasteiger partial charge < -0.3 is 19.9 Å². The molecule has 3 rings (SSSR count). The van der Waals surface area contributed by atoms with Gasteiger partial charge in [0.15, 0.2) is 11.5 Å². The molecule has 3 amide bonds. The lowest BCUT2D eigenvalue weighted by molar-refractivity contribution is -0.132. The summed E-state index contributed by atoms with van der Waals surface area (Å²) in [6.07, 6.45) is 8.22. The zero-order chi connectivity index (χ0) is 20.9. The maximum atomic E-state index is 12.9. The first-order valence-electron chi connectivity index (χ1n) is 10.2. The van der Waals surface area contributed by atoms with E-state index in [4.69, 9.17) is 9.47 Å². The Bertz CT molecular complexity index is 768. The van der Waals surface area contributed by atoms with Gasteiger partial charge in [0.2, 0.25) is 0 Å². The van der Waals surface area contributed by atoms with Crippen molar-refractivity contribution in [2.24, 2.45) is 0 Å². The number of nitrogens with one attached hydrogen (secondary N) is 1. The van der Waals surface area contributed by atoms with Crippen LogP contribution in [0.15, 0.2) is 24.3 Å². The summed E-state index contributed by atoms with van der Waals surface area (Å²) in [6, 6.07) is 5.07. The van der Waals surface area contributed by atoms with E-state index in [0.29, 0.717) is 24.3 Å². The standard InChI is InChI=1S/C22H30N2O5/c1-3-8-16-9-10-18(19(13-16)28-2)29-15-17(25)14-24-20(26)22(23-21(24)27)11-6-4-5-7-12-22/h3,8-10,13,17,25H,4-7,11-12,14-15H2,1-2H3,(H,23,27)/b8-3+. The predicted molar refractivity (Wildman–Crippen MR) is 110 cm³/mol. The molecule has 2 N–H and O–H groups in total. The van der Waals surface area contributed by atoms with Gasteiger partial charge in [-0.3, -0.25) is 9.69 Å². The van der Waals surface area contributed by atoms with Gasteiger partial charge in [0.05, 0.1) is 13.7 Å². The molecule has 0 radical (unpaired) electrons. The van der Waals surface area contributed by atoms with Crippen molar-refractivity contribution in [2.75, 3.05) is 20.3 Å². The normalized spacial score (nSPS) is 20.0. The molecule has 1 saturated carbocycles. The number of carbonyl (C=O) groups is 2. The molecule has 1 aliphatic carbocycles. The Labute approximate surface area is 171 Å². The molecule has 1 heterocycles. The highest BCUT2D eigenvalue weighted by Crippen LogP contribution is 2.33. The van der Waals surface area contributed by atoms with Gasteiger partial charge in [0, 0.05) is 0 Å². The Morgan fingerprint density at radius 2 is 1.93 bits per heavy atom. The predicted octanol–water partition coefficient (Wildman–Crippen LogP) is 3.11. The molecule has 7 nitrogen and oxygen atoms in total. The summed E-state index contributed by atoms with van der Waals surface area (Å²) in [5.41, 5.74) is 0.185. The van der Waals surface area contributed by atoms with Crippen LogP contribution in [0.5, 0.6) is 11.5 Å². The van der Waals surface area contributed by atoms with E-state index in [9.17, 15) is 14.7 Å². The van der Waals surface area contributed by atoms with Crippen LogP contribution >= 0.6 is 0 Å². The Kier molecular flexibility index (Phi) is 6.79. The zero-order valence-electron chi connectivity index (χ0n) is 17.1. The van der Waals surface area contributed by atoms with Gasteiger partial charge in [-0.25, -0.2) is 4.79 Å². The van der Waals surface area contributed by atoms with E-state index in [1.165, 1.54) is 0 Å². The number of hydrogen-bond acceptors (Lipinski definition) is 5. The number of rotatable bonds is 7. The molecule has 158 valence electrons. The van der Waals surface area contributed by atoms with Crippen molar-refractivity contribution >= 4 is 18.0 Å². The lowest BCUT2D eigenvalue weighted by Gasteiger charge is -2.25. The summed E-state index contributed by atoms with van der Waals surface area (Å²) in [6.45, 7) is 1.79. The quantitative estimate of drug-likeness (QED) is 0.684. The van der Waals surface area contributed by atoms with Crippen molar-refractivity contribution in [3.8, 4) is 11.5 Å². The van der Waals surface area contributed by atoms with E-state index in [1.807, 2.05) is 31.2 Å². The number of β-amino-alcohol motifs (C(OH)–C–C–N with tert-alkyl or cyclic N) is 1. The molecule has 1 aromatic carbocycles. The van der Waals surface area contributed by atoms with Crippen LogP contribution in [0.3, 0.4) is 0 Å². The molecule has 1 saturated heterocycles. The molecule has 1 atom stereocenters. The molecular formula is C22H30N2O5. The van der Waals surface area contributed by atoms with E-state index in [2.05, 4.69) is 5.32 Å². The number of benzene rings is 1. The average Bonchev–Trinajstić information content (AvgIpc) is 2.87. The summed E-state index contributed by atoms with van der Waals surface area (Å²) in [4.78, 5) is 26.4. The zero-order valence-corrected chi connectivity index (χ0v) is 17.1. The van der Waals surface area contributed by atoms with Gasteiger partial charge in [-0.2, -0.15) is 0 Å². The smallest absolute Gasteiger partial charge is 0.325 e. The summed E-state index contributed by atoms with van der Waals surface area (Å²) in [5, 5.41) is 13.3. The third kappa shape index (κ3) is 4.72. The van der Waals surface area contributed by atoms with Crippen LogP contribution in [0.25, 0.3) is 6.08 Å². The van der Waals surface area contributed by atoms with Crippen molar-refractivity contribution in [3.63, 3.8) is 0 Å². The largest absolute Gasteiger partial charge is 0.493 e. The third-order valence-electron chi connectivity index (χ3n) is 5.57. The Balaban J connectivity index is 1.60. The number of urea groups is 1. The van der Waals surface area contributed by atoms with Crippen LogP contribution in [-0.4, -0.2) is 53.8 Å². The second-order valence-electron chi connectivity index (χ2n) is 7.72. The third-order valence-corrected chi connectivity index (χ3v) is 5.57. The van der Waals surface area contributed by atoms with Crippen LogP contribution in [0.1, 0.15) is 51.0 Å². The topological polar surface area (TPSA) is 88.1 Å². The number of aliphatic hydroxyl groups excluding tert-OH is 1. The number of methoxy groups -OCH3 is 1. The lowest BCUT2D eigenvalue weighted by atomic mass is 9.90. The molecule has 1 spiro atoms. The number of carbonyl (C=O) groups excluding carboxylic acids is 2. The maximum Gasteiger partial charge on any atom is 0.325 e. The number of amides is 3. The summed E-state index contributed by atoms with van der Waals surface area (Å²) in [7, 11) is 1.55. The maximum absolute atomic E-state index is 12.9. The van der Waals surface area contributed by atoms with E-state index in [-0.39, 0.29) is 19.1 Å². The summed E-state index contributed by atoms with van der Waals surface area (Å²) in [5.74, 6) is 0.828. The Hall–Kier alpha value is -2.54. The Morgan fingerprint density at radius 3 is 2.59 bits per heavy atom. The second kappa shape index (κ2) is 9.31. The van der Waals surface area contributed by atoms with Crippen molar-refractivity contribution in [3.05, 3.63) is 29.8 Å². The molecule has 29 heavy (non-hydrogen) atoms. The van der Waals surface area contributed by atoms with Gasteiger partial charge in [0.25, 0.3) is 5.91 Å². The van der Waals surface area contributed by atoms with Crippen LogP contribution in [0, 0.1) is 0 Å². The van der Waals surface area contributed by atoms with Crippen LogP contribution in [0.2, 0.25) is 0 Å². The minimum absolute atomic E-state index is 0.0522. The first kappa shape index (κ1) is 21.2. The van der Waals surface area contributed by atoms with Crippen molar-refractivity contribution in [2.45, 2.75) is 57.1 Å². The van der Waals surface area contributed by atoms with Crippen LogP contribution < -0.4 is 14.8 Å². The fourth-order valence-corrected chi connectivity index (χ4v) is 4.06. The molecule has 1 unspecified atom stereocenters. The van der Waals surface area contributed by atoms with Crippen LogP contribution in [-0.2, 0) is 4.79 Å². The van der Waals surface area contributed by atoms with Crippen molar-refractivity contribution in [1.82, 2.24) is 10.2 Å². The van der Waals surface area contributed by atoms with Gasteiger partial charge in [-0.15, -0.1) is 0 Å². The first-order valence-corrected chi connectivity index (χ1v) is 10.2. The molecule has 2 aliphatic rings. The number of imide groups is 1. The number of nitrogens with zero attached hydrogens (tertiary/aromatic N) is 1. The monoisotopic (exact) mass is 402 g/mol. The summed E-state index contributed by atoms with van der Waals surface area (Å²) >= 11 is 0. The van der Waals surface area contributed by atoms with Gasteiger partial charge in [-0.05, 0) is 37.5 Å². The molecule has 1 aliphatic heterocycles. The molecule has 0 aromatic heterocycles. The average molecular weight is 402 g/mol. The number of hydrogen-bond donors (Lipinski definition) is 2. The fourth-order valence-electron chi connectivity index (χ4n) is 4.06. The van der Waals surface area contributed by atoms with E-state index in [0.717, 1.165) is 36.1 Å². The number of allylic oxidation sites excluding steroid dienone is 1. The minimum Gasteiger partial charge on any atom is -0.493 e. The molecule has 7 heteroatoms. The fraction of sp³-hybridized carbons (Fsp3) is 0.545. The van der Waals surface area contributed by atoms with Crippen LogP contribution in [0.4, 0.5) is 4.79 Å². The van der Waals surface area contributed by atoms with Crippen molar-refractivity contribution < 1.29 is 24.2 Å². The second-order valence-corrected chi connectivity index (χ2v) is 7.72. The number of ether oxygens (including phenoxy) is 2. The van der Waals surface area contributed by atoms with E-state index < -0.39 is 17.7 Å². The molecule has 1 aromatic rings. The Morgan fingerprint density at radius 1 is 1.21 bits per heavy atom. The number of aliphatic hydroxyl groups is 1. The highest BCUT2D eigenvalue weighted by Gasteiger charge is 2.50. The van der Waals surface area contributed by atoms with E-state index in [1.54, 1.807) is 13.2 Å². The highest BCUT2D eigenvalue weighted by molar-refractivity contribution is 6.07. The SMILES string of the molecule is C/C=C/c1ccc(OCC(O)CN2C(=O)NC3(CCCCCC3)C2=O)c(OC)c1. The molecule has 2 fully saturated rings. The highest BCUT2D eigenvalue weighted by atomic mass is 16.5. The summed E-state index contributed by atoms with van der Waals surface area (Å²) < 4.78 is 11.0.